The number of hydrogen-bond donors (Lipinski definition) is 1. The largest absolute Gasteiger partial charge is 0.338 e. The summed E-state index contributed by atoms with van der Waals surface area (Å²) < 4.78 is 0. The van der Waals surface area contributed by atoms with Crippen LogP contribution in [0, 0.1) is 32.1 Å². The van der Waals surface area contributed by atoms with Gasteiger partial charge in [0.1, 0.15) is 16.4 Å². The lowest BCUT2D eigenvalue weighted by atomic mass is 10.1. The Hall–Kier alpha value is -2.19. The molecule has 0 aliphatic rings. The van der Waals surface area contributed by atoms with E-state index in [-0.39, 0.29) is 12.5 Å². The Morgan fingerprint density at radius 1 is 1.40 bits per heavy atom. The van der Waals surface area contributed by atoms with E-state index in [1.807, 2.05) is 39.0 Å². The molecule has 0 saturated heterocycles. The van der Waals surface area contributed by atoms with E-state index in [4.69, 9.17) is 5.26 Å². The second kappa shape index (κ2) is 5.85. The zero-order chi connectivity index (χ0) is 14.7. The first kappa shape index (κ1) is 14.2. The number of amides is 1. The molecule has 1 N–H and O–H groups in total. The highest BCUT2D eigenvalue weighted by Gasteiger charge is 2.16. The van der Waals surface area contributed by atoms with Crippen LogP contribution in [0.15, 0.2) is 18.2 Å². The standard InChI is InChI=1S/C15H15N3OS/c1-9-4-5-12(10(2)8-9)15-18-11(3)13(20-15)14(19)17-7-6-16/h4-5,8H,7H2,1-3H3,(H,17,19). The normalized spacial score (nSPS) is 10.1. The van der Waals surface area contributed by atoms with Gasteiger partial charge in [0.25, 0.3) is 5.91 Å². The minimum atomic E-state index is -0.238. The molecule has 0 fully saturated rings. The third-order valence-corrected chi connectivity index (χ3v) is 4.13. The van der Waals surface area contributed by atoms with Crippen LogP contribution >= 0.6 is 11.3 Å². The molecular weight excluding hydrogens is 270 g/mol. The van der Waals surface area contributed by atoms with Gasteiger partial charge in [0.15, 0.2) is 0 Å². The SMILES string of the molecule is Cc1ccc(-c2nc(C)c(C(=O)NCC#N)s2)c(C)c1. The minimum absolute atomic E-state index is 0.00899. The van der Waals surface area contributed by atoms with Gasteiger partial charge in [-0.2, -0.15) is 5.26 Å². The van der Waals surface area contributed by atoms with E-state index in [1.54, 1.807) is 0 Å². The van der Waals surface area contributed by atoms with E-state index in [0.717, 1.165) is 16.1 Å². The van der Waals surface area contributed by atoms with Crippen LogP contribution in [-0.2, 0) is 0 Å². The molecule has 0 unspecified atom stereocenters. The van der Waals surface area contributed by atoms with Crippen LogP contribution in [0.3, 0.4) is 0 Å². The molecule has 2 rings (SSSR count). The first-order valence-electron chi connectivity index (χ1n) is 6.23. The Balaban J connectivity index is 2.36. The number of aryl methyl sites for hydroxylation is 3. The molecule has 4 nitrogen and oxygen atoms in total. The van der Waals surface area contributed by atoms with Crippen LogP contribution < -0.4 is 5.32 Å². The van der Waals surface area contributed by atoms with Gasteiger partial charge in [0.05, 0.1) is 11.8 Å². The summed E-state index contributed by atoms with van der Waals surface area (Å²) in [6, 6.07) is 8.06. The number of carbonyl (C=O) groups is 1. The van der Waals surface area contributed by atoms with Crippen molar-refractivity contribution < 1.29 is 4.79 Å². The van der Waals surface area contributed by atoms with E-state index >= 15 is 0 Å². The molecule has 0 atom stereocenters. The van der Waals surface area contributed by atoms with Crippen LogP contribution in [0.4, 0.5) is 0 Å². The van der Waals surface area contributed by atoms with Gasteiger partial charge in [0.2, 0.25) is 0 Å². The zero-order valence-corrected chi connectivity index (χ0v) is 12.5. The molecule has 1 amide bonds. The van der Waals surface area contributed by atoms with E-state index in [1.165, 1.54) is 16.9 Å². The van der Waals surface area contributed by atoms with Crippen LogP contribution in [-0.4, -0.2) is 17.4 Å². The fraction of sp³-hybridized carbons (Fsp3) is 0.267. The summed E-state index contributed by atoms with van der Waals surface area (Å²) in [5.41, 5.74) is 4.08. The number of nitrogens with one attached hydrogen (secondary N) is 1. The summed E-state index contributed by atoms with van der Waals surface area (Å²) in [7, 11) is 0. The highest BCUT2D eigenvalue weighted by atomic mass is 32.1. The number of carbonyl (C=O) groups excluding carboxylic acids is 1. The van der Waals surface area contributed by atoms with Crippen molar-refractivity contribution >= 4 is 17.2 Å². The molecule has 2 aromatic rings. The van der Waals surface area contributed by atoms with Crippen molar-refractivity contribution in [3.8, 4) is 16.6 Å². The lowest BCUT2D eigenvalue weighted by Crippen LogP contribution is -2.23. The number of thiazole rings is 1. The van der Waals surface area contributed by atoms with Crippen molar-refractivity contribution in [3.05, 3.63) is 39.9 Å². The van der Waals surface area contributed by atoms with Crippen molar-refractivity contribution in [3.63, 3.8) is 0 Å². The topological polar surface area (TPSA) is 65.8 Å². The van der Waals surface area contributed by atoms with Crippen molar-refractivity contribution in [2.45, 2.75) is 20.8 Å². The van der Waals surface area contributed by atoms with Crippen LogP contribution in [0.25, 0.3) is 10.6 Å². The molecular formula is C15H15N3OS. The van der Waals surface area contributed by atoms with Crippen molar-refractivity contribution in [2.75, 3.05) is 6.54 Å². The van der Waals surface area contributed by atoms with E-state index < -0.39 is 0 Å². The van der Waals surface area contributed by atoms with E-state index in [2.05, 4.69) is 16.4 Å². The third kappa shape index (κ3) is 2.86. The van der Waals surface area contributed by atoms with Gasteiger partial charge in [-0.05, 0) is 26.3 Å². The first-order valence-corrected chi connectivity index (χ1v) is 7.04. The highest BCUT2D eigenvalue weighted by molar-refractivity contribution is 7.17. The van der Waals surface area contributed by atoms with Gasteiger partial charge in [-0.15, -0.1) is 11.3 Å². The molecule has 0 bridgehead atoms. The molecule has 0 aliphatic carbocycles. The maximum atomic E-state index is 11.9. The number of aromatic nitrogens is 1. The summed E-state index contributed by atoms with van der Waals surface area (Å²) in [6.07, 6.45) is 0. The Morgan fingerprint density at radius 2 is 2.15 bits per heavy atom. The molecule has 5 heteroatoms. The summed E-state index contributed by atoms with van der Waals surface area (Å²) in [4.78, 5) is 17.0. The van der Waals surface area contributed by atoms with Crippen molar-refractivity contribution in [1.29, 1.82) is 5.26 Å². The number of rotatable bonds is 3. The Morgan fingerprint density at radius 3 is 2.80 bits per heavy atom. The van der Waals surface area contributed by atoms with E-state index in [9.17, 15) is 4.79 Å². The third-order valence-electron chi connectivity index (χ3n) is 2.94. The number of nitrogens with zero attached hydrogens (tertiary/aromatic N) is 2. The lowest BCUT2D eigenvalue weighted by molar-refractivity contribution is 0.0961. The van der Waals surface area contributed by atoms with Gasteiger partial charge in [0, 0.05) is 5.56 Å². The Kier molecular flexibility index (Phi) is 4.16. The fourth-order valence-corrected chi connectivity index (χ4v) is 3.05. The van der Waals surface area contributed by atoms with Crippen LogP contribution in [0.1, 0.15) is 26.5 Å². The summed E-state index contributed by atoms with van der Waals surface area (Å²) in [5, 5.41) is 11.9. The van der Waals surface area contributed by atoms with Crippen LogP contribution in [0.5, 0.6) is 0 Å². The summed E-state index contributed by atoms with van der Waals surface area (Å²) in [6.45, 7) is 5.90. The van der Waals surface area contributed by atoms with Gasteiger partial charge in [-0.3, -0.25) is 4.79 Å². The van der Waals surface area contributed by atoms with Gasteiger partial charge in [-0.1, -0.05) is 23.8 Å². The van der Waals surface area contributed by atoms with Crippen molar-refractivity contribution in [1.82, 2.24) is 10.3 Å². The highest BCUT2D eigenvalue weighted by Crippen LogP contribution is 2.30. The average Bonchev–Trinajstić information content (AvgIpc) is 2.78. The fourth-order valence-electron chi connectivity index (χ4n) is 1.98. The monoisotopic (exact) mass is 285 g/mol. The molecule has 1 aromatic carbocycles. The molecule has 102 valence electrons. The first-order chi connectivity index (χ1) is 9.52. The maximum Gasteiger partial charge on any atom is 0.264 e. The summed E-state index contributed by atoms with van der Waals surface area (Å²) in [5.74, 6) is -0.238. The minimum Gasteiger partial charge on any atom is -0.338 e. The second-order valence-electron chi connectivity index (χ2n) is 4.59. The maximum absolute atomic E-state index is 11.9. The number of benzene rings is 1. The second-order valence-corrected chi connectivity index (χ2v) is 5.59. The molecule has 0 aliphatic heterocycles. The Labute approximate surface area is 122 Å². The van der Waals surface area contributed by atoms with Gasteiger partial charge < -0.3 is 5.32 Å². The Bertz CT molecular complexity index is 698. The number of hydrogen-bond acceptors (Lipinski definition) is 4. The van der Waals surface area contributed by atoms with Crippen LogP contribution in [0.2, 0.25) is 0 Å². The predicted octanol–water partition coefficient (Wildman–Crippen LogP) is 2.99. The smallest absolute Gasteiger partial charge is 0.264 e. The zero-order valence-electron chi connectivity index (χ0n) is 11.7. The van der Waals surface area contributed by atoms with Gasteiger partial charge in [-0.25, -0.2) is 4.98 Å². The summed E-state index contributed by atoms with van der Waals surface area (Å²) >= 11 is 1.36. The average molecular weight is 285 g/mol. The molecule has 20 heavy (non-hydrogen) atoms. The predicted molar refractivity (Wildman–Crippen MR) is 79.7 cm³/mol. The molecule has 0 spiro atoms. The molecule has 0 radical (unpaired) electrons. The quantitative estimate of drug-likeness (QED) is 0.882. The molecule has 0 saturated carbocycles. The van der Waals surface area contributed by atoms with Crippen molar-refractivity contribution in [2.24, 2.45) is 0 Å². The van der Waals surface area contributed by atoms with Gasteiger partial charge >= 0.3 is 0 Å². The van der Waals surface area contributed by atoms with E-state index in [0.29, 0.717) is 10.6 Å². The lowest BCUT2D eigenvalue weighted by Gasteiger charge is -2.02. The molecule has 1 heterocycles. The molecule has 1 aromatic heterocycles. The number of nitriles is 1.